The number of amides is 3. The van der Waals surface area contributed by atoms with E-state index in [9.17, 15) is 24.3 Å². The molecule has 3 amide bonds. The first kappa shape index (κ1) is 25.8. The van der Waals surface area contributed by atoms with E-state index in [1.165, 1.54) is 20.2 Å². The highest BCUT2D eigenvalue weighted by molar-refractivity contribution is 6.04. The number of hydrogen-bond donors (Lipinski definition) is 3. The number of aromatic nitrogens is 2. The number of fused-ring (bicyclic) bond motifs is 1. The van der Waals surface area contributed by atoms with Gasteiger partial charge in [0, 0.05) is 25.6 Å². The van der Waals surface area contributed by atoms with Crippen LogP contribution in [0.4, 0.5) is 4.79 Å². The number of imide groups is 1. The molecule has 3 N–H and O–H groups in total. The van der Waals surface area contributed by atoms with Crippen LogP contribution in [0.5, 0.6) is 0 Å². The molecule has 0 saturated carbocycles. The molecule has 1 unspecified atom stereocenters. The number of methoxy groups -OCH3 is 1. The Hall–Kier alpha value is -3.47. The Morgan fingerprint density at radius 1 is 1.21 bits per heavy atom. The van der Waals surface area contributed by atoms with Crippen LogP contribution >= 0.6 is 0 Å². The number of nitrogens with zero attached hydrogens (tertiary/aromatic N) is 3. The fourth-order valence-corrected chi connectivity index (χ4v) is 3.48. The first-order valence-corrected chi connectivity index (χ1v) is 10.6. The van der Waals surface area contributed by atoms with E-state index < -0.39 is 29.9 Å². The molecule has 11 heteroatoms. The van der Waals surface area contributed by atoms with Gasteiger partial charge in [0.1, 0.15) is 5.82 Å². The van der Waals surface area contributed by atoms with Crippen molar-refractivity contribution in [1.29, 1.82) is 0 Å². The lowest BCUT2D eigenvalue weighted by molar-refractivity contribution is -0.139. The highest BCUT2D eigenvalue weighted by Gasteiger charge is 2.25. The average Bonchev–Trinajstić information content (AvgIpc) is 3.13. The zero-order valence-corrected chi connectivity index (χ0v) is 19.2. The van der Waals surface area contributed by atoms with E-state index in [0.29, 0.717) is 23.3 Å². The third kappa shape index (κ3) is 6.51. The van der Waals surface area contributed by atoms with Crippen LogP contribution < -0.4 is 5.32 Å². The maximum Gasteiger partial charge on any atom is 0.416 e. The molecule has 2 rings (SSSR count). The molecular weight excluding hydrogens is 432 g/mol. The number of carbonyl (C=O) groups is 4. The van der Waals surface area contributed by atoms with E-state index in [1.54, 1.807) is 16.7 Å². The molecule has 2 aromatic rings. The molecule has 0 saturated heterocycles. The standard InChI is InChI=1S/C22H30N4O7/c1-13(2)11-16(23-18(28)7-8-19(29)30)20-24-15-12-14(21(31)25(3)22(32)33-4)5-6-17(15)26(20)9-10-27/h5-6,12-13,16,27H,7-11H2,1-4H3,(H,23,28)(H,29,30). The van der Waals surface area contributed by atoms with Crippen LogP contribution in [-0.4, -0.2) is 69.3 Å². The number of aliphatic hydroxyl groups is 1. The van der Waals surface area contributed by atoms with Crippen molar-refractivity contribution in [2.24, 2.45) is 5.92 Å². The molecular formula is C22H30N4O7. The summed E-state index contributed by atoms with van der Waals surface area (Å²) < 4.78 is 6.34. The highest BCUT2D eigenvalue weighted by Crippen LogP contribution is 2.27. The Morgan fingerprint density at radius 3 is 2.48 bits per heavy atom. The van der Waals surface area contributed by atoms with Gasteiger partial charge in [-0.1, -0.05) is 13.8 Å². The summed E-state index contributed by atoms with van der Waals surface area (Å²) in [5.41, 5.74) is 1.32. The Labute approximate surface area is 191 Å². The maximum absolute atomic E-state index is 12.6. The fourth-order valence-electron chi connectivity index (χ4n) is 3.48. The predicted octanol–water partition coefficient (Wildman–Crippen LogP) is 1.94. The average molecular weight is 463 g/mol. The second-order valence-corrected chi connectivity index (χ2v) is 8.03. The van der Waals surface area contributed by atoms with Gasteiger partial charge in [0.15, 0.2) is 0 Å². The second kappa shape index (κ2) is 11.4. The lowest BCUT2D eigenvalue weighted by atomic mass is 10.0. The molecule has 0 bridgehead atoms. The highest BCUT2D eigenvalue weighted by atomic mass is 16.5. The molecule has 0 aliphatic carbocycles. The third-order valence-electron chi connectivity index (χ3n) is 5.02. The van der Waals surface area contributed by atoms with E-state index in [2.05, 4.69) is 15.0 Å². The molecule has 1 heterocycles. The summed E-state index contributed by atoms with van der Waals surface area (Å²) in [5, 5.41) is 21.3. The molecule has 33 heavy (non-hydrogen) atoms. The Morgan fingerprint density at radius 2 is 1.91 bits per heavy atom. The van der Waals surface area contributed by atoms with Gasteiger partial charge in [-0.3, -0.25) is 14.4 Å². The van der Waals surface area contributed by atoms with Crippen molar-refractivity contribution in [3.05, 3.63) is 29.6 Å². The van der Waals surface area contributed by atoms with E-state index in [-0.39, 0.29) is 37.5 Å². The number of rotatable bonds is 10. The first-order valence-electron chi connectivity index (χ1n) is 10.6. The van der Waals surface area contributed by atoms with Gasteiger partial charge in [-0.15, -0.1) is 0 Å². The number of carbonyl (C=O) groups excluding carboxylic acids is 3. The van der Waals surface area contributed by atoms with Gasteiger partial charge in [-0.2, -0.15) is 0 Å². The van der Waals surface area contributed by atoms with Crippen LogP contribution in [0.2, 0.25) is 0 Å². The number of ether oxygens (including phenoxy) is 1. The summed E-state index contributed by atoms with van der Waals surface area (Å²) in [5.74, 6) is -1.37. The zero-order chi connectivity index (χ0) is 24.7. The Balaban J connectivity index is 2.47. The van der Waals surface area contributed by atoms with Crippen LogP contribution in [0, 0.1) is 5.92 Å². The quantitative estimate of drug-likeness (QED) is 0.484. The lowest BCUT2D eigenvalue weighted by Gasteiger charge is -2.21. The summed E-state index contributed by atoms with van der Waals surface area (Å²) >= 11 is 0. The Kier molecular flexibility index (Phi) is 8.92. The second-order valence-electron chi connectivity index (χ2n) is 8.03. The van der Waals surface area contributed by atoms with Crippen molar-refractivity contribution in [1.82, 2.24) is 19.8 Å². The molecule has 1 aromatic heterocycles. The Bertz CT molecular complexity index is 1030. The van der Waals surface area contributed by atoms with Crippen LogP contribution in [0.1, 0.15) is 55.3 Å². The van der Waals surface area contributed by atoms with E-state index >= 15 is 0 Å². The van der Waals surface area contributed by atoms with Crippen molar-refractivity contribution in [2.45, 2.75) is 45.7 Å². The number of carboxylic acid groups (broad SMARTS) is 1. The number of carboxylic acids is 1. The van der Waals surface area contributed by atoms with Crippen molar-refractivity contribution < 1.29 is 34.1 Å². The van der Waals surface area contributed by atoms with Crippen LogP contribution in [-0.2, 0) is 20.9 Å². The molecule has 1 aromatic carbocycles. The minimum atomic E-state index is -1.06. The van der Waals surface area contributed by atoms with Gasteiger partial charge < -0.3 is 24.8 Å². The van der Waals surface area contributed by atoms with Crippen molar-refractivity contribution in [3.8, 4) is 0 Å². The topological polar surface area (TPSA) is 151 Å². The van der Waals surface area contributed by atoms with Crippen LogP contribution in [0.15, 0.2) is 18.2 Å². The molecule has 180 valence electrons. The van der Waals surface area contributed by atoms with Gasteiger partial charge in [0.25, 0.3) is 5.91 Å². The largest absolute Gasteiger partial charge is 0.481 e. The van der Waals surface area contributed by atoms with Gasteiger partial charge in [0.2, 0.25) is 5.91 Å². The lowest BCUT2D eigenvalue weighted by Crippen LogP contribution is -2.32. The summed E-state index contributed by atoms with van der Waals surface area (Å²) in [6, 6.07) is 4.22. The van der Waals surface area contributed by atoms with Crippen LogP contribution in [0.3, 0.4) is 0 Å². The smallest absolute Gasteiger partial charge is 0.416 e. The summed E-state index contributed by atoms with van der Waals surface area (Å²) in [4.78, 5) is 52.9. The summed E-state index contributed by atoms with van der Waals surface area (Å²) in [7, 11) is 2.48. The van der Waals surface area contributed by atoms with E-state index in [4.69, 9.17) is 5.11 Å². The van der Waals surface area contributed by atoms with Gasteiger partial charge in [-0.25, -0.2) is 14.7 Å². The van der Waals surface area contributed by atoms with E-state index in [0.717, 1.165) is 4.90 Å². The number of aliphatic hydroxyl groups excluding tert-OH is 1. The van der Waals surface area contributed by atoms with Crippen LogP contribution in [0.25, 0.3) is 11.0 Å². The monoisotopic (exact) mass is 462 g/mol. The molecule has 0 radical (unpaired) electrons. The van der Waals surface area contributed by atoms with Crippen molar-refractivity contribution >= 4 is 34.9 Å². The summed E-state index contributed by atoms with van der Waals surface area (Å²) in [6.45, 7) is 4.00. The van der Waals surface area contributed by atoms with Crippen molar-refractivity contribution in [3.63, 3.8) is 0 Å². The van der Waals surface area contributed by atoms with Crippen molar-refractivity contribution in [2.75, 3.05) is 20.8 Å². The molecule has 0 aliphatic heterocycles. The SMILES string of the molecule is COC(=O)N(C)C(=O)c1ccc2c(c1)nc(C(CC(C)C)NC(=O)CCC(=O)O)n2CCO. The molecule has 0 fully saturated rings. The number of benzene rings is 1. The summed E-state index contributed by atoms with van der Waals surface area (Å²) in [6.07, 6.45) is -0.716. The fraction of sp³-hybridized carbons (Fsp3) is 0.500. The predicted molar refractivity (Wildman–Crippen MR) is 119 cm³/mol. The first-order chi connectivity index (χ1) is 15.6. The molecule has 0 spiro atoms. The van der Waals surface area contributed by atoms with Gasteiger partial charge >= 0.3 is 12.1 Å². The zero-order valence-electron chi connectivity index (χ0n) is 19.2. The number of imidazole rings is 1. The van der Waals surface area contributed by atoms with Gasteiger partial charge in [-0.05, 0) is 30.5 Å². The number of nitrogens with one attached hydrogen (secondary N) is 1. The van der Waals surface area contributed by atoms with Gasteiger partial charge in [0.05, 0.1) is 37.2 Å². The molecule has 1 atom stereocenters. The molecule has 11 nitrogen and oxygen atoms in total. The number of hydrogen-bond acceptors (Lipinski definition) is 7. The minimum Gasteiger partial charge on any atom is -0.481 e. The van der Waals surface area contributed by atoms with E-state index in [1.807, 2.05) is 13.8 Å². The number of aliphatic carboxylic acids is 1. The third-order valence-corrected chi connectivity index (χ3v) is 5.02. The normalized spacial score (nSPS) is 11.9. The molecule has 0 aliphatic rings. The maximum atomic E-state index is 12.6. The minimum absolute atomic E-state index is 0.164.